The number of carbonyl (C=O) groups excluding carboxylic acids is 2. The van der Waals surface area contributed by atoms with E-state index in [9.17, 15) is 9.59 Å². The highest BCUT2D eigenvalue weighted by Gasteiger charge is 2.47. The van der Waals surface area contributed by atoms with Gasteiger partial charge in [-0.3, -0.25) is 9.59 Å². The number of hydrogen-bond donors (Lipinski definition) is 2. The van der Waals surface area contributed by atoms with E-state index < -0.39 is 5.91 Å². The van der Waals surface area contributed by atoms with Crippen LogP contribution in [0.4, 0.5) is 5.69 Å². The normalized spacial score (nSPS) is 26.7. The molecule has 2 amide bonds. The molecule has 2 fully saturated rings. The Morgan fingerprint density at radius 1 is 1.15 bits per heavy atom. The van der Waals surface area contributed by atoms with Crippen LogP contribution in [0.2, 0.25) is 0 Å². The second-order valence-corrected chi connectivity index (χ2v) is 5.69. The molecule has 1 aromatic carbocycles. The van der Waals surface area contributed by atoms with Crippen LogP contribution in [0.25, 0.3) is 0 Å². The van der Waals surface area contributed by atoms with Crippen LogP contribution in [0.3, 0.4) is 0 Å². The lowest BCUT2D eigenvalue weighted by Crippen LogP contribution is -2.21. The number of ether oxygens (including phenoxy) is 1. The Labute approximate surface area is 117 Å². The average molecular weight is 274 g/mol. The van der Waals surface area contributed by atoms with Gasteiger partial charge in [0.2, 0.25) is 5.91 Å². The maximum Gasteiger partial charge on any atom is 0.255 e. The predicted octanol–water partition coefficient (Wildman–Crippen LogP) is 1.54. The first kappa shape index (κ1) is 13.0. The first-order chi connectivity index (χ1) is 9.61. The number of nitrogens with one attached hydrogen (secondary N) is 1. The van der Waals surface area contributed by atoms with Gasteiger partial charge < -0.3 is 15.8 Å². The molecule has 3 N–H and O–H groups in total. The van der Waals surface area contributed by atoms with Crippen molar-refractivity contribution in [1.29, 1.82) is 0 Å². The van der Waals surface area contributed by atoms with E-state index in [2.05, 4.69) is 5.32 Å². The minimum absolute atomic E-state index is 0.114. The molecule has 0 saturated heterocycles. The number of amides is 2. The molecular weight excluding hydrogens is 256 g/mol. The highest BCUT2D eigenvalue weighted by Crippen LogP contribution is 2.54. The fourth-order valence-electron chi connectivity index (χ4n) is 2.96. The molecule has 2 aliphatic carbocycles. The van der Waals surface area contributed by atoms with Gasteiger partial charge in [0.1, 0.15) is 5.75 Å². The summed E-state index contributed by atoms with van der Waals surface area (Å²) in [6.45, 7) is -0.142. The summed E-state index contributed by atoms with van der Waals surface area (Å²) >= 11 is 0. The van der Waals surface area contributed by atoms with E-state index >= 15 is 0 Å². The summed E-state index contributed by atoms with van der Waals surface area (Å²) in [5.74, 6) is 1.93. The fraction of sp³-hybridized carbons (Fsp3) is 0.467. The van der Waals surface area contributed by atoms with Crippen molar-refractivity contribution in [3.63, 3.8) is 0 Å². The van der Waals surface area contributed by atoms with E-state index in [4.69, 9.17) is 10.5 Å². The van der Waals surface area contributed by atoms with Crippen molar-refractivity contribution in [1.82, 2.24) is 0 Å². The van der Waals surface area contributed by atoms with Gasteiger partial charge >= 0.3 is 0 Å². The lowest BCUT2D eigenvalue weighted by atomic mass is 10.0. The summed E-state index contributed by atoms with van der Waals surface area (Å²) in [6, 6.07) is 6.96. The summed E-state index contributed by atoms with van der Waals surface area (Å²) in [6.07, 6.45) is 3.39. The minimum Gasteiger partial charge on any atom is -0.484 e. The van der Waals surface area contributed by atoms with Crippen LogP contribution in [-0.4, -0.2) is 18.4 Å². The number of carbonyl (C=O) groups is 2. The maximum atomic E-state index is 12.1. The van der Waals surface area contributed by atoms with Gasteiger partial charge in [0.15, 0.2) is 6.61 Å². The van der Waals surface area contributed by atoms with Crippen LogP contribution in [0, 0.1) is 17.8 Å². The third kappa shape index (κ3) is 2.92. The molecule has 5 nitrogen and oxygen atoms in total. The number of primary amides is 1. The third-order valence-electron chi connectivity index (χ3n) is 4.12. The van der Waals surface area contributed by atoms with Crippen LogP contribution < -0.4 is 15.8 Å². The highest BCUT2D eigenvalue weighted by molar-refractivity contribution is 5.92. The van der Waals surface area contributed by atoms with Crippen molar-refractivity contribution in [3.8, 4) is 5.75 Å². The monoisotopic (exact) mass is 274 g/mol. The van der Waals surface area contributed by atoms with Gasteiger partial charge in [-0.25, -0.2) is 0 Å². The maximum absolute atomic E-state index is 12.1. The van der Waals surface area contributed by atoms with E-state index in [1.165, 1.54) is 6.42 Å². The van der Waals surface area contributed by atoms with Crippen molar-refractivity contribution in [3.05, 3.63) is 24.3 Å². The molecule has 0 spiro atoms. The lowest BCUT2D eigenvalue weighted by Gasteiger charge is -2.12. The molecule has 106 valence electrons. The number of anilines is 1. The number of benzene rings is 1. The summed E-state index contributed by atoms with van der Waals surface area (Å²) in [5.41, 5.74) is 5.75. The van der Waals surface area contributed by atoms with Crippen LogP contribution >= 0.6 is 0 Å². The van der Waals surface area contributed by atoms with Crippen molar-refractivity contribution in [2.45, 2.75) is 19.3 Å². The zero-order valence-electron chi connectivity index (χ0n) is 11.2. The van der Waals surface area contributed by atoms with Crippen LogP contribution in [0.5, 0.6) is 5.75 Å². The Kier molecular flexibility index (Phi) is 3.34. The Morgan fingerprint density at radius 3 is 2.40 bits per heavy atom. The first-order valence-electron chi connectivity index (χ1n) is 6.94. The van der Waals surface area contributed by atoms with Gasteiger partial charge in [0, 0.05) is 11.6 Å². The number of fused-ring (bicyclic) bond motifs is 1. The summed E-state index contributed by atoms with van der Waals surface area (Å²) in [7, 11) is 0. The fourth-order valence-corrected chi connectivity index (χ4v) is 2.96. The van der Waals surface area contributed by atoms with E-state index in [0.29, 0.717) is 5.75 Å². The van der Waals surface area contributed by atoms with E-state index in [0.717, 1.165) is 30.4 Å². The van der Waals surface area contributed by atoms with Crippen molar-refractivity contribution in [2.75, 3.05) is 11.9 Å². The molecule has 2 unspecified atom stereocenters. The third-order valence-corrected chi connectivity index (χ3v) is 4.12. The second kappa shape index (κ2) is 5.15. The summed E-state index contributed by atoms with van der Waals surface area (Å²) in [5, 5.41) is 2.93. The quantitative estimate of drug-likeness (QED) is 0.854. The molecule has 2 atom stereocenters. The van der Waals surface area contributed by atoms with Crippen molar-refractivity contribution < 1.29 is 14.3 Å². The zero-order valence-corrected chi connectivity index (χ0v) is 11.2. The van der Waals surface area contributed by atoms with Crippen LogP contribution in [-0.2, 0) is 9.59 Å². The molecule has 0 bridgehead atoms. The highest BCUT2D eigenvalue weighted by atomic mass is 16.5. The standard InChI is InChI=1S/C15H18N2O3/c16-14(18)8-20-13-3-1-12(2-4-13)17-15(19)11-6-9-5-10(9)7-11/h1-4,9-11H,5-8H2,(H2,16,18)(H,17,19). The first-order valence-corrected chi connectivity index (χ1v) is 6.94. The Hall–Kier alpha value is -2.04. The second-order valence-electron chi connectivity index (χ2n) is 5.69. The number of hydrogen-bond acceptors (Lipinski definition) is 3. The number of nitrogens with two attached hydrogens (primary N) is 1. The molecule has 2 saturated carbocycles. The molecule has 3 rings (SSSR count). The van der Waals surface area contributed by atoms with Gasteiger partial charge in [-0.2, -0.15) is 0 Å². The van der Waals surface area contributed by atoms with E-state index in [1.54, 1.807) is 24.3 Å². The van der Waals surface area contributed by atoms with Crippen molar-refractivity contribution >= 4 is 17.5 Å². The summed E-state index contributed by atoms with van der Waals surface area (Å²) < 4.78 is 5.16. The molecule has 0 aromatic heterocycles. The Bertz CT molecular complexity index is 516. The average Bonchev–Trinajstić information content (AvgIpc) is 3.04. The largest absolute Gasteiger partial charge is 0.484 e. The molecule has 0 aliphatic heterocycles. The van der Waals surface area contributed by atoms with Gasteiger partial charge in [-0.15, -0.1) is 0 Å². The minimum atomic E-state index is -0.512. The smallest absolute Gasteiger partial charge is 0.255 e. The Balaban J connectivity index is 1.52. The molecule has 0 radical (unpaired) electrons. The lowest BCUT2D eigenvalue weighted by molar-refractivity contribution is -0.120. The van der Waals surface area contributed by atoms with Gasteiger partial charge in [-0.1, -0.05) is 0 Å². The van der Waals surface area contributed by atoms with Gasteiger partial charge in [0.05, 0.1) is 0 Å². The van der Waals surface area contributed by atoms with Crippen LogP contribution in [0.1, 0.15) is 19.3 Å². The molecule has 20 heavy (non-hydrogen) atoms. The molecule has 2 aliphatic rings. The predicted molar refractivity (Wildman–Crippen MR) is 74.1 cm³/mol. The number of rotatable bonds is 5. The molecule has 1 aromatic rings. The van der Waals surface area contributed by atoms with Gasteiger partial charge in [-0.05, 0) is 55.4 Å². The van der Waals surface area contributed by atoms with Crippen LogP contribution in [0.15, 0.2) is 24.3 Å². The van der Waals surface area contributed by atoms with E-state index in [1.807, 2.05) is 0 Å². The van der Waals surface area contributed by atoms with E-state index in [-0.39, 0.29) is 18.4 Å². The topological polar surface area (TPSA) is 81.4 Å². The van der Waals surface area contributed by atoms with Gasteiger partial charge in [0.25, 0.3) is 5.91 Å². The molecule has 0 heterocycles. The molecular formula is C15H18N2O3. The zero-order chi connectivity index (χ0) is 14.1. The Morgan fingerprint density at radius 2 is 1.80 bits per heavy atom. The summed E-state index contributed by atoms with van der Waals surface area (Å²) in [4.78, 5) is 22.7. The molecule has 5 heteroatoms. The SMILES string of the molecule is NC(=O)COc1ccc(NC(=O)C2CC3CC3C2)cc1. The van der Waals surface area contributed by atoms with Crippen molar-refractivity contribution in [2.24, 2.45) is 23.5 Å².